The van der Waals surface area contributed by atoms with Gasteiger partial charge in [-0.05, 0) is 48.9 Å². The Balaban J connectivity index is 1.67. The SMILES string of the molecule is COc1ccc(NC(=O)CCC(=O)OCC(=O)Nc2cccc(C)c2)cc1. The lowest BCUT2D eigenvalue weighted by atomic mass is 10.2. The zero-order valence-electron chi connectivity index (χ0n) is 15.3. The van der Waals surface area contributed by atoms with Crippen molar-refractivity contribution in [1.82, 2.24) is 0 Å². The number of aryl methyl sites for hydroxylation is 1. The summed E-state index contributed by atoms with van der Waals surface area (Å²) >= 11 is 0. The Morgan fingerprint density at radius 2 is 1.59 bits per heavy atom. The molecule has 2 aromatic carbocycles. The Labute approximate surface area is 157 Å². The lowest BCUT2D eigenvalue weighted by Crippen LogP contribution is -2.21. The lowest BCUT2D eigenvalue weighted by Gasteiger charge is -2.08. The highest BCUT2D eigenvalue weighted by Crippen LogP contribution is 2.15. The monoisotopic (exact) mass is 370 g/mol. The van der Waals surface area contributed by atoms with Gasteiger partial charge in [-0.25, -0.2) is 0 Å². The van der Waals surface area contributed by atoms with E-state index in [0.29, 0.717) is 17.1 Å². The molecule has 0 fully saturated rings. The molecule has 0 spiro atoms. The third kappa shape index (κ3) is 7.19. The van der Waals surface area contributed by atoms with E-state index in [1.165, 1.54) is 0 Å². The van der Waals surface area contributed by atoms with Crippen LogP contribution in [0.25, 0.3) is 0 Å². The van der Waals surface area contributed by atoms with Crippen LogP contribution < -0.4 is 15.4 Å². The molecule has 142 valence electrons. The topological polar surface area (TPSA) is 93.7 Å². The Hall–Kier alpha value is -3.35. The van der Waals surface area contributed by atoms with E-state index in [1.807, 2.05) is 25.1 Å². The zero-order valence-corrected chi connectivity index (χ0v) is 15.3. The first-order valence-electron chi connectivity index (χ1n) is 8.42. The first-order valence-corrected chi connectivity index (χ1v) is 8.42. The Morgan fingerprint density at radius 3 is 2.26 bits per heavy atom. The number of carbonyl (C=O) groups excluding carboxylic acids is 3. The third-order valence-corrected chi connectivity index (χ3v) is 3.60. The number of hydrogen-bond acceptors (Lipinski definition) is 5. The molecule has 0 radical (unpaired) electrons. The molecular formula is C20H22N2O5. The Morgan fingerprint density at radius 1 is 0.889 bits per heavy atom. The second-order valence-electron chi connectivity index (χ2n) is 5.86. The number of nitrogens with one attached hydrogen (secondary N) is 2. The molecule has 0 saturated carbocycles. The molecule has 0 heterocycles. The maximum atomic E-state index is 11.9. The second kappa shape index (κ2) is 9.96. The van der Waals surface area contributed by atoms with Crippen LogP contribution in [0.3, 0.4) is 0 Å². The van der Waals surface area contributed by atoms with Crippen LogP contribution in [0.15, 0.2) is 48.5 Å². The summed E-state index contributed by atoms with van der Waals surface area (Å²) in [7, 11) is 1.56. The van der Waals surface area contributed by atoms with Crippen molar-refractivity contribution < 1.29 is 23.9 Å². The predicted octanol–water partition coefficient (Wildman–Crippen LogP) is 2.90. The van der Waals surface area contributed by atoms with Gasteiger partial charge in [-0.3, -0.25) is 14.4 Å². The van der Waals surface area contributed by atoms with Crippen LogP contribution in [0.4, 0.5) is 11.4 Å². The number of carbonyl (C=O) groups is 3. The standard InChI is InChI=1S/C20H22N2O5/c1-14-4-3-5-16(12-14)22-19(24)13-27-20(25)11-10-18(23)21-15-6-8-17(26-2)9-7-15/h3-9,12H,10-11,13H2,1-2H3,(H,21,23)(H,22,24). The van der Waals surface area contributed by atoms with Gasteiger partial charge in [0, 0.05) is 17.8 Å². The van der Waals surface area contributed by atoms with E-state index >= 15 is 0 Å². The number of rotatable bonds is 8. The van der Waals surface area contributed by atoms with Crippen molar-refractivity contribution in [2.45, 2.75) is 19.8 Å². The minimum Gasteiger partial charge on any atom is -0.497 e. The zero-order chi connectivity index (χ0) is 19.6. The van der Waals surface area contributed by atoms with Crippen LogP contribution in [0.1, 0.15) is 18.4 Å². The first-order chi connectivity index (χ1) is 13.0. The molecule has 27 heavy (non-hydrogen) atoms. The molecule has 2 amide bonds. The van der Waals surface area contributed by atoms with Gasteiger partial charge in [0.1, 0.15) is 5.75 Å². The molecule has 2 N–H and O–H groups in total. The molecule has 7 heteroatoms. The molecular weight excluding hydrogens is 348 g/mol. The lowest BCUT2D eigenvalue weighted by molar-refractivity contribution is -0.147. The summed E-state index contributed by atoms with van der Waals surface area (Å²) < 4.78 is 9.93. The van der Waals surface area contributed by atoms with Crippen LogP contribution >= 0.6 is 0 Å². The van der Waals surface area contributed by atoms with E-state index in [1.54, 1.807) is 37.4 Å². The van der Waals surface area contributed by atoms with Gasteiger partial charge in [0.15, 0.2) is 6.61 Å². The summed E-state index contributed by atoms with van der Waals surface area (Å²) in [5, 5.41) is 5.31. The maximum absolute atomic E-state index is 11.9. The average molecular weight is 370 g/mol. The van der Waals surface area contributed by atoms with Crippen molar-refractivity contribution in [3.05, 3.63) is 54.1 Å². The van der Waals surface area contributed by atoms with Gasteiger partial charge in [0.25, 0.3) is 5.91 Å². The van der Waals surface area contributed by atoms with Crippen LogP contribution in [-0.4, -0.2) is 31.5 Å². The van der Waals surface area contributed by atoms with E-state index in [9.17, 15) is 14.4 Å². The van der Waals surface area contributed by atoms with Crippen LogP contribution in [0.5, 0.6) is 5.75 Å². The smallest absolute Gasteiger partial charge is 0.306 e. The Kier molecular flexibility index (Phi) is 7.37. The van der Waals surface area contributed by atoms with Gasteiger partial charge in [-0.2, -0.15) is 0 Å². The van der Waals surface area contributed by atoms with Crippen molar-refractivity contribution >= 4 is 29.2 Å². The fraction of sp³-hybridized carbons (Fsp3) is 0.250. The number of methoxy groups -OCH3 is 1. The van der Waals surface area contributed by atoms with E-state index in [-0.39, 0.29) is 18.7 Å². The second-order valence-corrected chi connectivity index (χ2v) is 5.86. The Bertz CT molecular complexity index is 802. The van der Waals surface area contributed by atoms with E-state index < -0.39 is 18.5 Å². The quantitative estimate of drug-likeness (QED) is 0.697. The number of ether oxygens (including phenoxy) is 2. The highest BCUT2D eigenvalue weighted by Gasteiger charge is 2.11. The number of anilines is 2. The third-order valence-electron chi connectivity index (χ3n) is 3.60. The number of amides is 2. The van der Waals surface area contributed by atoms with Gasteiger partial charge >= 0.3 is 5.97 Å². The molecule has 2 aromatic rings. The minimum absolute atomic E-state index is 0.0373. The fourth-order valence-electron chi connectivity index (χ4n) is 2.25. The normalized spacial score (nSPS) is 10.0. The molecule has 2 rings (SSSR count). The predicted molar refractivity (Wildman–Crippen MR) is 102 cm³/mol. The van der Waals surface area contributed by atoms with Crippen LogP contribution in [0, 0.1) is 6.92 Å². The van der Waals surface area contributed by atoms with Gasteiger partial charge in [-0.15, -0.1) is 0 Å². The first kappa shape index (κ1) is 20.0. The summed E-state index contributed by atoms with van der Waals surface area (Å²) in [6.45, 7) is 1.51. The minimum atomic E-state index is -0.612. The van der Waals surface area contributed by atoms with Crippen molar-refractivity contribution in [3.63, 3.8) is 0 Å². The average Bonchev–Trinajstić information content (AvgIpc) is 2.65. The largest absolute Gasteiger partial charge is 0.497 e. The van der Waals surface area contributed by atoms with Gasteiger partial charge < -0.3 is 20.1 Å². The highest BCUT2D eigenvalue weighted by molar-refractivity contribution is 5.94. The van der Waals surface area contributed by atoms with E-state index in [4.69, 9.17) is 9.47 Å². The maximum Gasteiger partial charge on any atom is 0.306 e. The molecule has 0 aliphatic carbocycles. The van der Waals surface area contributed by atoms with E-state index in [2.05, 4.69) is 10.6 Å². The molecule has 0 unspecified atom stereocenters. The number of benzene rings is 2. The summed E-state index contributed by atoms with van der Waals surface area (Å²) in [6, 6.07) is 14.1. The van der Waals surface area contributed by atoms with Gasteiger partial charge in [-0.1, -0.05) is 12.1 Å². The van der Waals surface area contributed by atoms with E-state index in [0.717, 1.165) is 5.56 Å². The van der Waals surface area contributed by atoms with Crippen LogP contribution in [-0.2, 0) is 19.1 Å². The van der Waals surface area contributed by atoms with Crippen molar-refractivity contribution in [1.29, 1.82) is 0 Å². The van der Waals surface area contributed by atoms with Crippen molar-refractivity contribution in [2.24, 2.45) is 0 Å². The molecule has 0 aliphatic rings. The molecule has 0 aromatic heterocycles. The number of hydrogen-bond donors (Lipinski definition) is 2. The molecule has 0 saturated heterocycles. The summed E-state index contributed by atoms with van der Waals surface area (Å²) in [6.07, 6.45) is -0.149. The van der Waals surface area contributed by atoms with Gasteiger partial charge in [0.2, 0.25) is 5.91 Å². The molecule has 7 nitrogen and oxygen atoms in total. The number of esters is 1. The summed E-state index contributed by atoms with van der Waals surface area (Å²) in [5.41, 5.74) is 2.24. The molecule has 0 atom stereocenters. The van der Waals surface area contributed by atoms with Crippen molar-refractivity contribution in [2.75, 3.05) is 24.4 Å². The fourth-order valence-corrected chi connectivity index (χ4v) is 2.25. The van der Waals surface area contributed by atoms with Crippen molar-refractivity contribution in [3.8, 4) is 5.75 Å². The molecule has 0 aliphatic heterocycles. The molecule has 0 bridgehead atoms. The van der Waals surface area contributed by atoms with Gasteiger partial charge in [0.05, 0.1) is 13.5 Å². The summed E-state index contributed by atoms with van der Waals surface area (Å²) in [4.78, 5) is 35.3. The highest BCUT2D eigenvalue weighted by atomic mass is 16.5. The van der Waals surface area contributed by atoms with Crippen LogP contribution in [0.2, 0.25) is 0 Å². The summed E-state index contributed by atoms with van der Waals surface area (Å²) in [5.74, 6) is -0.683.